The zero-order valence-corrected chi connectivity index (χ0v) is 9.39. The molecule has 0 aliphatic rings. The molecule has 84 valence electrons. The summed E-state index contributed by atoms with van der Waals surface area (Å²) in [5.74, 6) is 0.757. The standard InChI is InChI=1S/C11H12ClN3O/c12-9-2-1-3-11(6-9)16-5-4-15-8-10(13)7-14-15/h1-3,6-8H,4-5,13H2. The van der Waals surface area contributed by atoms with Crippen molar-refractivity contribution in [3.05, 3.63) is 41.7 Å². The monoisotopic (exact) mass is 237 g/mol. The predicted molar refractivity (Wildman–Crippen MR) is 63.6 cm³/mol. The Hall–Kier alpha value is -1.68. The first kappa shape index (κ1) is 10.8. The lowest BCUT2D eigenvalue weighted by atomic mass is 10.3. The molecule has 2 rings (SSSR count). The number of hydrogen-bond donors (Lipinski definition) is 1. The molecular weight excluding hydrogens is 226 g/mol. The van der Waals surface area contributed by atoms with Gasteiger partial charge in [0, 0.05) is 11.2 Å². The predicted octanol–water partition coefficient (Wildman–Crippen LogP) is 2.20. The van der Waals surface area contributed by atoms with Gasteiger partial charge in [0.1, 0.15) is 12.4 Å². The van der Waals surface area contributed by atoms with E-state index in [1.54, 1.807) is 23.1 Å². The van der Waals surface area contributed by atoms with E-state index in [0.29, 0.717) is 23.9 Å². The van der Waals surface area contributed by atoms with Crippen LogP contribution in [-0.4, -0.2) is 16.4 Å². The largest absolute Gasteiger partial charge is 0.492 e. The zero-order chi connectivity index (χ0) is 11.4. The molecular formula is C11H12ClN3O. The van der Waals surface area contributed by atoms with Crippen LogP contribution < -0.4 is 10.5 Å². The molecule has 5 heteroatoms. The lowest BCUT2D eigenvalue weighted by molar-refractivity contribution is 0.291. The van der Waals surface area contributed by atoms with Crippen LogP contribution in [0.25, 0.3) is 0 Å². The molecule has 2 N–H and O–H groups in total. The van der Waals surface area contributed by atoms with Crippen molar-refractivity contribution in [2.24, 2.45) is 0 Å². The van der Waals surface area contributed by atoms with Crippen molar-refractivity contribution in [2.45, 2.75) is 6.54 Å². The van der Waals surface area contributed by atoms with Crippen LogP contribution in [0.15, 0.2) is 36.7 Å². The number of aromatic nitrogens is 2. The Morgan fingerprint density at radius 2 is 2.31 bits per heavy atom. The number of nitrogen functional groups attached to an aromatic ring is 1. The van der Waals surface area contributed by atoms with Crippen molar-refractivity contribution in [2.75, 3.05) is 12.3 Å². The number of anilines is 1. The number of ether oxygens (including phenoxy) is 1. The fourth-order valence-corrected chi connectivity index (χ4v) is 1.50. The van der Waals surface area contributed by atoms with Crippen molar-refractivity contribution in [3.8, 4) is 5.75 Å². The molecule has 0 spiro atoms. The number of benzene rings is 1. The summed E-state index contributed by atoms with van der Waals surface area (Å²) in [6, 6.07) is 7.30. The van der Waals surface area contributed by atoms with Gasteiger partial charge in [-0.2, -0.15) is 5.10 Å². The summed E-state index contributed by atoms with van der Waals surface area (Å²) in [4.78, 5) is 0. The summed E-state index contributed by atoms with van der Waals surface area (Å²) in [6.45, 7) is 1.19. The van der Waals surface area contributed by atoms with Crippen LogP contribution in [0.4, 0.5) is 5.69 Å². The first-order chi connectivity index (χ1) is 7.74. The van der Waals surface area contributed by atoms with E-state index in [4.69, 9.17) is 22.1 Å². The molecule has 0 atom stereocenters. The summed E-state index contributed by atoms with van der Waals surface area (Å²) in [5.41, 5.74) is 6.20. The number of nitrogens with two attached hydrogens (primary N) is 1. The van der Waals surface area contributed by atoms with Crippen LogP contribution in [0.1, 0.15) is 0 Å². The molecule has 4 nitrogen and oxygen atoms in total. The topological polar surface area (TPSA) is 53.1 Å². The third-order valence-electron chi connectivity index (χ3n) is 2.04. The van der Waals surface area contributed by atoms with Gasteiger partial charge >= 0.3 is 0 Å². The van der Waals surface area contributed by atoms with Gasteiger partial charge in [0.2, 0.25) is 0 Å². The van der Waals surface area contributed by atoms with Gasteiger partial charge < -0.3 is 10.5 Å². The number of rotatable bonds is 4. The van der Waals surface area contributed by atoms with E-state index in [2.05, 4.69) is 5.10 Å². The summed E-state index contributed by atoms with van der Waals surface area (Å²) < 4.78 is 7.25. The van der Waals surface area contributed by atoms with E-state index in [1.165, 1.54) is 0 Å². The second-order valence-corrected chi connectivity index (χ2v) is 3.78. The van der Waals surface area contributed by atoms with Crippen LogP contribution in [0.3, 0.4) is 0 Å². The number of hydrogen-bond acceptors (Lipinski definition) is 3. The molecule has 1 aromatic heterocycles. The Morgan fingerprint density at radius 3 is 3.00 bits per heavy atom. The second-order valence-electron chi connectivity index (χ2n) is 3.34. The van der Waals surface area contributed by atoms with Gasteiger partial charge in [-0.3, -0.25) is 4.68 Å². The smallest absolute Gasteiger partial charge is 0.120 e. The quantitative estimate of drug-likeness (QED) is 0.887. The van der Waals surface area contributed by atoms with Gasteiger partial charge in [0.25, 0.3) is 0 Å². The van der Waals surface area contributed by atoms with Gasteiger partial charge in [-0.1, -0.05) is 17.7 Å². The molecule has 0 aliphatic carbocycles. The van der Waals surface area contributed by atoms with Crippen molar-refractivity contribution in [3.63, 3.8) is 0 Å². The van der Waals surface area contributed by atoms with Crippen LogP contribution in [0, 0.1) is 0 Å². The Balaban J connectivity index is 1.84. The summed E-state index contributed by atoms with van der Waals surface area (Å²) >= 11 is 5.83. The van der Waals surface area contributed by atoms with Gasteiger partial charge in [-0.15, -0.1) is 0 Å². The summed E-state index contributed by atoms with van der Waals surface area (Å²) in [7, 11) is 0. The Morgan fingerprint density at radius 1 is 1.44 bits per heavy atom. The molecule has 0 fully saturated rings. The normalized spacial score (nSPS) is 10.3. The van der Waals surface area contributed by atoms with Gasteiger partial charge in [0.15, 0.2) is 0 Å². The van der Waals surface area contributed by atoms with Crippen molar-refractivity contribution < 1.29 is 4.74 Å². The van der Waals surface area contributed by atoms with E-state index < -0.39 is 0 Å². The molecule has 0 radical (unpaired) electrons. The van der Waals surface area contributed by atoms with E-state index in [0.717, 1.165) is 5.75 Å². The third-order valence-corrected chi connectivity index (χ3v) is 2.27. The SMILES string of the molecule is Nc1cnn(CCOc2cccc(Cl)c2)c1. The van der Waals surface area contributed by atoms with Crippen molar-refractivity contribution in [1.82, 2.24) is 9.78 Å². The van der Waals surface area contributed by atoms with E-state index >= 15 is 0 Å². The third kappa shape index (κ3) is 2.90. The van der Waals surface area contributed by atoms with Gasteiger partial charge in [-0.05, 0) is 18.2 Å². The molecule has 0 saturated heterocycles. The zero-order valence-electron chi connectivity index (χ0n) is 8.64. The molecule has 0 aliphatic heterocycles. The second kappa shape index (κ2) is 4.90. The lowest BCUT2D eigenvalue weighted by Crippen LogP contribution is -2.08. The Kier molecular flexibility index (Phi) is 3.31. The van der Waals surface area contributed by atoms with E-state index in [-0.39, 0.29) is 0 Å². The first-order valence-corrected chi connectivity index (χ1v) is 5.28. The van der Waals surface area contributed by atoms with Crippen LogP contribution >= 0.6 is 11.6 Å². The average molecular weight is 238 g/mol. The first-order valence-electron chi connectivity index (χ1n) is 4.90. The van der Waals surface area contributed by atoms with E-state index in [1.807, 2.05) is 18.2 Å². The fraction of sp³-hybridized carbons (Fsp3) is 0.182. The Bertz CT molecular complexity index is 470. The van der Waals surface area contributed by atoms with Gasteiger partial charge in [-0.25, -0.2) is 0 Å². The Labute approximate surface area is 98.6 Å². The van der Waals surface area contributed by atoms with E-state index in [9.17, 15) is 0 Å². The van der Waals surface area contributed by atoms with Gasteiger partial charge in [0.05, 0.1) is 18.4 Å². The highest BCUT2D eigenvalue weighted by Gasteiger charge is 1.97. The molecule has 0 bridgehead atoms. The minimum absolute atomic E-state index is 0.529. The summed E-state index contributed by atoms with van der Waals surface area (Å²) in [5, 5.41) is 4.72. The molecule has 2 aromatic rings. The highest BCUT2D eigenvalue weighted by molar-refractivity contribution is 6.30. The number of halogens is 1. The van der Waals surface area contributed by atoms with Crippen LogP contribution in [0.2, 0.25) is 5.02 Å². The van der Waals surface area contributed by atoms with Crippen LogP contribution in [0.5, 0.6) is 5.75 Å². The van der Waals surface area contributed by atoms with Crippen LogP contribution in [-0.2, 0) is 6.54 Å². The maximum absolute atomic E-state index is 5.83. The molecule has 0 saturated carbocycles. The minimum Gasteiger partial charge on any atom is -0.492 e. The van der Waals surface area contributed by atoms with Crippen molar-refractivity contribution >= 4 is 17.3 Å². The maximum atomic E-state index is 5.83. The fourth-order valence-electron chi connectivity index (χ4n) is 1.32. The summed E-state index contributed by atoms with van der Waals surface area (Å²) in [6.07, 6.45) is 3.38. The average Bonchev–Trinajstić information content (AvgIpc) is 2.64. The molecule has 1 heterocycles. The lowest BCUT2D eigenvalue weighted by Gasteiger charge is -2.06. The molecule has 16 heavy (non-hydrogen) atoms. The highest BCUT2D eigenvalue weighted by Crippen LogP contribution is 2.16. The number of nitrogens with zero attached hydrogens (tertiary/aromatic N) is 2. The highest BCUT2D eigenvalue weighted by atomic mass is 35.5. The molecule has 1 aromatic carbocycles. The molecule has 0 unspecified atom stereocenters. The minimum atomic E-state index is 0.529. The van der Waals surface area contributed by atoms with Crippen molar-refractivity contribution in [1.29, 1.82) is 0 Å². The molecule has 0 amide bonds. The maximum Gasteiger partial charge on any atom is 0.120 e.